The zero-order valence-electron chi connectivity index (χ0n) is 18.9. The molecule has 4 aromatic carbocycles. The number of nitrogens with zero attached hydrogens (tertiary/aromatic N) is 3. The smallest absolute Gasteiger partial charge is 0.146 e. The van der Waals surface area contributed by atoms with Gasteiger partial charge in [0.05, 0.1) is 22.7 Å². The van der Waals surface area contributed by atoms with Crippen molar-refractivity contribution >= 4 is 38.4 Å². The number of benzene rings is 4. The molecular formula is C32H19N3. The molecule has 2 aliphatic rings. The number of fused-ring (bicyclic) bond motifs is 15. The van der Waals surface area contributed by atoms with Crippen LogP contribution in [0.3, 0.4) is 0 Å². The van der Waals surface area contributed by atoms with Crippen LogP contribution in [-0.4, -0.2) is 14.4 Å². The van der Waals surface area contributed by atoms with Crippen LogP contribution in [-0.2, 0) is 12.8 Å². The van der Waals surface area contributed by atoms with Gasteiger partial charge in [0.15, 0.2) is 0 Å². The lowest BCUT2D eigenvalue weighted by Gasteiger charge is -2.12. The predicted octanol–water partition coefficient (Wildman–Crippen LogP) is 7.33. The maximum absolute atomic E-state index is 5.12. The average Bonchev–Trinajstić information content (AvgIpc) is 3.58. The van der Waals surface area contributed by atoms with Crippen molar-refractivity contribution in [2.24, 2.45) is 0 Å². The van der Waals surface area contributed by atoms with Crippen molar-refractivity contribution in [2.45, 2.75) is 12.8 Å². The molecular weight excluding hydrogens is 426 g/mol. The summed E-state index contributed by atoms with van der Waals surface area (Å²) in [5.41, 5.74) is 15.6. The highest BCUT2D eigenvalue weighted by molar-refractivity contribution is 6.15. The monoisotopic (exact) mass is 445 g/mol. The highest BCUT2D eigenvalue weighted by Gasteiger charge is 2.29. The van der Waals surface area contributed by atoms with Crippen LogP contribution in [0.5, 0.6) is 0 Å². The summed E-state index contributed by atoms with van der Waals surface area (Å²) < 4.78 is 2.29. The first-order valence-electron chi connectivity index (χ1n) is 12.2. The molecule has 0 aliphatic heterocycles. The van der Waals surface area contributed by atoms with Crippen molar-refractivity contribution < 1.29 is 0 Å². The lowest BCUT2D eigenvalue weighted by molar-refractivity contribution is 1.23. The van der Waals surface area contributed by atoms with Crippen LogP contribution in [0.1, 0.15) is 22.3 Å². The molecule has 2 aliphatic carbocycles. The van der Waals surface area contributed by atoms with Gasteiger partial charge in [-0.1, -0.05) is 48.5 Å². The third-order valence-corrected chi connectivity index (χ3v) is 8.10. The van der Waals surface area contributed by atoms with E-state index in [1.165, 1.54) is 60.7 Å². The molecule has 35 heavy (non-hydrogen) atoms. The van der Waals surface area contributed by atoms with Gasteiger partial charge in [0.25, 0.3) is 0 Å². The van der Waals surface area contributed by atoms with E-state index in [0.29, 0.717) is 0 Å². The Kier molecular flexibility index (Phi) is 3.14. The number of para-hydroxylation sites is 2. The number of rotatable bonds is 0. The van der Waals surface area contributed by atoms with Gasteiger partial charge in [-0.25, -0.2) is 4.98 Å². The first-order valence-corrected chi connectivity index (χ1v) is 12.2. The number of imidazole rings is 1. The van der Waals surface area contributed by atoms with E-state index in [9.17, 15) is 0 Å². The Balaban J connectivity index is 1.42. The van der Waals surface area contributed by atoms with Crippen molar-refractivity contribution in [1.82, 2.24) is 14.4 Å². The first-order chi connectivity index (χ1) is 17.3. The summed E-state index contributed by atoms with van der Waals surface area (Å²) in [7, 11) is 0. The van der Waals surface area contributed by atoms with E-state index in [1.807, 2.05) is 12.4 Å². The molecule has 0 unspecified atom stereocenters. The second-order valence-corrected chi connectivity index (χ2v) is 9.84. The van der Waals surface area contributed by atoms with Crippen molar-refractivity contribution in [1.29, 1.82) is 0 Å². The normalized spacial score (nSPS) is 13.5. The van der Waals surface area contributed by atoms with E-state index in [0.717, 1.165) is 35.0 Å². The van der Waals surface area contributed by atoms with Crippen LogP contribution < -0.4 is 0 Å². The van der Waals surface area contributed by atoms with Crippen molar-refractivity contribution in [2.75, 3.05) is 0 Å². The van der Waals surface area contributed by atoms with Crippen molar-refractivity contribution in [3.63, 3.8) is 0 Å². The fourth-order valence-electron chi connectivity index (χ4n) is 6.62. The molecule has 0 amide bonds. The van der Waals surface area contributed by atoms with Crippen molar-refractivity contribution in [3.05, 3.63) is 114 Å². The number of hydrogen-bond donors (Lipinski definition) is 0. The van der Waals surface area contributed by atoms with E-state index in [2.05, 4.69) is 88.2 Å². The Morgan fingerprint density at radius 2 is 1.54 bits per heavy atom. The summed E-state index contributed by atoms with van der Waals surface area (Å²) in [5.74, 6) is 0. The summed E-state index contributed by atoms with van der Waals surface area (Å²) in [4.78, 5) is 9.59. The highest BCUT2D eigenvalue weighted by atomic mass is 15.0. The molecule has 3 nitrogen and oxygen atoms in total. The van der Waals surface area contributed by atoms with E-state index in [4.69, 9.17) is 4.98 Å². The standard InChI is InChI=1S/C32H19N3/c1-2-6-21-18(5-1)14-26-22(21)10-9-19-13-20-15-25-23-11-12-33-17-30(23)35-29-8-4-3-7-28(29)34-32(35)27(25)16-24(20)31(19)26/h1-12,15-17H,13-14H2. The molecule has 0 atom stereocenters. The summed E-state index contributed by atoms with van der Waals surface area (Å²) >= 11 is 0. The molecule has 0 saturated heterocycles. The molecule has 0 N–H and O–H groups in total. The van der Waals surface area contributed by atoms with Crippen LogP contribution in [0.2, 0.25) is 0 Å². The molecule has 0 fully saturated rings. The zero-order valence-corrected chi connectivity index (χ0v) is 18.9. The molecule has 9 rings (SSSR count). The second-order valence-electron chi connectivity index (χ2n) is 9.84. The maximum atomic E-state index is 5.12. The van der Waals surface area contributed by atoms with Crippen molar-refractivity contribution in [3.8, 4) is 22.3 Å². The summed E-state index contributed by atoms with van der Waals surface area (Å²) in [6.45, 7) is 0. The molecule has 0 spiro atoms. The number of pyridine rings is 2. The van der Waals surface area contributed by atoms with Crippen LogP contribution in [0, 0.1) is 0 Å². The second kappa shape index (κ2) is 6.13. The molecule has 7 aromatic rings. The van der Waals surface area contributed by atoms with Gasteiger partial charge in [0.2, 0.25) is 0 Å². The molecule has 162 valence electrons. The zero-order chi connectivity index (χ0) is 22.7. The molecule has 0 bridgehead atoms. The van der Waals surface area contributed by atoms with E-state index >= 15 is 0 Å². The van der Waals surface area contributed by atoms with E-state index < -0.39 is 0 Å². The van der Waals surface area contributed by atoms with Crippen LogP contribution in [0.25, 0.3) is 60.6 Å². The minimum atomic E-state index is 0.985. The third-order valence-electron chi connectivity index (χ3n) is 8.10. The largest absolute Gasteiger partial charge is 0.290 e. The predicted molar refractivity (Wildman–Crippen MR) is 142 cm³/mol. The Labute approximate surface area is 201 Å². The van der Waals surface area contributed by atoms with Crippen LogP contribution in [0.15, 0.2) is 91.3 Å². The van der Waals surface area contributed by atoms with E-state index in [1.54, 1.807) is 0 Å². The SMILES string of the molecule is c1ccc2c(c1)Cc1c-2ccc2c1-c1cc3c(cc1C2)c1ccncc1n1c2ccccc2nc31. The Morgan fingerprint density at radius 1 is 0.629 bits per heavy atom. The molecule has 3 heterocycles. The average molecular weight is 446 g/mol. The maximum Gasteiger partial charge on any atom is 0.146 e. The lowest BCUT2D eigenvalue weighted by Crippen LogP contribution is -1.94. The number of aromatic nitrogens is 3. The molecule has 3 heteroatoms. The summed E-state index contributed by atoms with van der Waals surface area (Å²) in [5, 5.41) is 3.69. The van der Waals surface area contributed by atoms with Gasteiger partial charge >= 0.3 is 0 Å². The minimum absolute atomic E-state index is 0.985. The van der Waals surface area contributed by atoms with Crippen LogP contribution in [0.4, 0.5) is 0 Å². The summed E-state index contributed by atoms with van der Waals surface area (Å²) in [6, 6.07) is 28.9. The lowest BCUT2D eigenvalue weighted by atomic mass is 9.94. The van der Waals surface area contributed by atoms with Gasteiger partial charge in [-0.15, -0.1) is 0 Å². The topological polar surface area (TPSA) is 30.2 Å². The highest BCUT2D eigenvalue weighted by Crippen LogP contribution is 2.49. The van der Waals surface area contributed by atoms with Gasteiger partial charge in [-0.2, -0.15) is 0 Å². The minimum Gasteiger partial charge on any atom is -0.290 e. The Morgan fingerprint density at radius 3 is 2.54 bits per heavy atom. The number of hydrogen-bond acceptors (Lipinski definition) is 2. The molecule has 0 radical (unpaired) electrons. The van der Waals surface area contributed by atoms with Crippen LogP contribution >= 0.6 is 0 Å². The Hall–Kier alpha value is -4.50. The van der Waals surface area contributed by atoms with Gasteiger partial charge in [0, 0.05) is 17.0 Å². The third kappa shape index (κ3) is 2.17. The fraction of sp³-hybridized carbons (Fsp3) is 0.0625. The van der Waals surface area contributed by atoms with E-state index in [-0.39, 0.29) is 0 Å². The van der Waals surface area contributed by atoms with Gasteiger partial charge in [-0.05, 0) is 93.1 Å². The first kappa shape index (κ1) is 17.9. The quantitative estimate of drug-likeness (QED) is 0.229. The van der Waals surface area contributed by atoms with Gasteiger partial charge < -0.3 is 0 Å². The Bertz CT molecular complexity index is 2060. The summed E-state index contributed by atoms with van der Waals surface area (Å²) in [6.07, 6.45) is 5.87. The fourth-order valence-corrected chi connectivity index (χ4v) is 6.62. The van der Waals surface area contributed by atoms with Gasteiger partial charge in [0.1, 0.15) is 5.65 Å². The molecule has 3 aromatic heterocycles. The van der Waals surface area contributed by atoms with Gasteiger partial charge in [-0.3, -0.25) is 9.38 Å². The molecule has 0 saturated carbocycles.